The molecule has 1 unspecified atom stereocenters. The number of aromatic nitrogens is 1. The fourth-order valence-corrected chi connectivity index (χ4v) is 5.03. The summed E-state index contributed by atoms with van der Waals surface area (Å²) < 4.78 is 6.27. The fraction of sp³-hybridized carbons (Fsp3) is 0.310. The predicted molar refractivity (Wildman–Crippen MR) is 137 cm³/mol. The number of aryl methyl sites for hydroxylation is 1. The minimum atomic E-state index is -0.949. The molecule has 0 saturated carbocycles. The molecule has 3 aromatic rings. The van der Waals surface area contributed by atoms with E-state index in [0.717, 1.165) is 11.1 Å². The normalized spacial score (nSPS) is 18.6. The number of benzene rings is 2. The maximum Gasteiger partial charge on any atom is 0.256 e. The summed E-state index contributed by atoms with van der Waals surface area (Å²) in [5, 5.41) is 2.95. The lowest BCUT2D eigenvalue weighted by Gasteiger charge is -2.44. The first-order valence-corrected chi connectivity index (χ1v) is 12.5. The zero-order valence-electron chi connectivity index (χ0n) is 20.8. The van der Waals surface area contributed by atoms with E-state index in [1.54, 1.807) is 46.5 Å². The number of pyridine rings is 1. The minimum Gasteiger partial charge on any atom is -0.353 e. The fourth-order valence-electron chi connectivity index (χ4n) is 5.03. The monoisotopic (exact) mass is 498 g/mol. The Kier molecular flexibility index (Phi) is 7.01. The van der Waals surface area contributed by atoms with Crippen LogP contribution < -0.4 is 5.32 Å². The lowest BCUT2D eigenvalue weighted by Crippen LogP contribution is -2.59. The molecule has 8 nitrogen and oxygen atoms in total. The van der Waals surface area contributed by atoms with Crippen molar-refractivity contribution in [1.82, 2.24) is 20.1 Å². The maximum absolute atomic E-state index is 13.8. The van der Waals surface area contributed by atoms with Gasteiger partial charge in [-0.05, 0) is 48.9 Å². The van der Waals surface area contributed by atoms with Crippen molar-refractivity contribution >= 4 is 17.7 Å². The molecule has 37 heavy (non-hydrogen) atoms. The Labute approximate surface area is 216 Å². The van der Waals surface area contributed by atoms with Gasteiger partial charge >= 0.3 is 0 Å². The second-order valence-electron chi connectivity index (χ2n) is 9.55. The van der Waals surface area contributed by atoms with Crippen LogP contribution in [0.1, 0.15) is 44.7 Å². The van der Waals surface area contributed by atoms with Crippen LogP contribution in [0.4, 0.5) is 0 Å². The van der Waals surface area contributed by atoms with Crippen LogP contribution in [0.3, 0.4) is 0 Å². The third kappa shape index (κ3) is 5.11. The summed E-state index contributed by atoms with van der Waals surface area (Å²) in [6.07, 6.45) is 4.20. The molecule has 1 aromatic heterocycles. The summed E-state index contributed by atoms with van der Waals surface area (Å²) >= 11 is 0. The van der Waals surface area contributed by atoms with Crippen molar-refractivity contribution in [1.29, 1.82) is 0 Å². The lowest BCUT2D eigenvalue weighted by atomic mass is 9.96. The van der Waals surface area contributed by atoms with Crippen LogP contribution in [0, 0.1) is 6.92 Å². The number of nitrogens with one attached hydrogen (secondary N) is 1. The van der Waals surface area contributed by atoms with E-state index in [4.69, 9.17) is 4.74 Å². The minimum absolute atomic E-state index is 0.0413. The number of piperidine rings is 1. The predicted octanol–water partition coefficient (Wildman–Crippen LogP) is 3.18. The van der Waals surface area contributed by atoms with Gasteiger partial charge in [-0.1, -0.05) is 35.9 Å². The maximum atomic E-state index is 13.8. The molecule has 1 N–H and O–H groups in total. The molecule has 8 heteroatoms. The highest BCUT2D eigenvalue weighted by Gasteiger charge is 2.54. The van der Waals surface area contributed by atoms with Crippen LogP contribution in [0.25, 0.3) is 0 Å². The molecular formula is C29H30N4O4. The smallest absolute Gasteiger partial charge is 0.256 e. The topological polar surface area (TPSA) is 91.8 Å². The summed E-state index contributed by atoms with van der Waals surface area (Å²) in [6, 6.07) is 19.4. The van der Waals surface area contributed by atoms with Crippen LogP contribution in [0.2, 0.25) is 0 Å². The summed E-state index contributed by atoms with van der Waals surface area (Å²) in [5.41, 5.74) is 2.20. The zero-order chi connectivity index (χ0) is 25.8. The van der Waals surface area contributed by atoms with Gasteiger partial charge in [0.1, 0.15) is 11.8 Å². The van der Waals surface area contributed by atoms with E-state index in [0.29, 0.717) is 43.6 Å². The number of carbonyl (C=O) groups excluding carboxylic acids is 3. The van der Waals surface area contributed by atoms with Gasteiger partial charge in [-0.15, -0.1) is 0 Å². The molecule has 3 heterocycles. The quantitative estimate of drug-likeness (QED) is 0.584. The number of amides is 3. The van der Waals surface area contributed by atoms with Gasteiger partial charge in [0.05, 0.1) is 6.61 Å². The standard InChI is InChI=1S/C29H30N4O4/c1-21-7-9-24(10-8-21)27(35)32-17-13-29(14-18-32)33(28(36)23-5-3-2-4-6-23)25(20-37-29)26(34)31-19-22-11-15-30-16-12-22/h2-12,15-16,25H,13-14,17-20H2,1H3,(H,31,34). The molecule has 2 aromatic carbocycles. The van der Waals surface area contributed by atoms with Gasteiger partial charge in [-0.25, -0.2) is 0 Å². The third-order valence-corrected chi connectivity index (χ3v) is 7.15. The first-order valence-electron chi connectivity index (χ1n) is 12.5. The largest absolute Gasteiger partial charge is 0.353 e. The van der Waals surface area contributed by atoms with E-state index >= 15 is 0 Å². The van der Waals surface area contributed by atoms with Gasteiger partial charge in [-0.3, -0.25) is 24.3 Å². The summed E-state index contributed by atoms with van der Waals surface area (Å²) in [7, 11) is 0. The van der Waals surface area contributed by atoms with Crippen molar-refractivity contribution in [2.24, 2.45) is 0 Å². The average molecular weight is 499 g/mol. The van der Waals surface area contributed by atoms with Crippen LogP contribution in [0.15, 0.2) is 79.1 Å². The van der Waals surface area contributed by atoms with Crippen molar-refractivity contribution < 1.29 is 19.1 Å². The third-order valence-electron chi connectivity index (χ3n) is 7.15. The molecule has 190 valence electrons. The summed E-state index contributed by atoms with van der Waals surface area (Å²) in [4.78, 5) is 47.6. The van der Waals surface area contributed by atoms with Crippen molar-refractivity contribution in [3.8, 4) is 0 Å². The molecule has 2 aliphatic rings. The Balaban J connectivity index is 1.34. The SMILES string of the molecule is Cc1ccc(C(=O)N2CCC3(CC2)OCC(C(=O)NCc2ccncc2)N3C(=O)c2ccccc2)cc1. The molecule has 2 saturated heterocycles. The second kappa shape index (κ2) is 10.5. The molecule has 3 amide bonds. The van der Waals surface area contributed by atoms with E-state index in [1.807, 2.05) is 49.4 Å². The number of hydrogen-bond donors (Lipinski definition) is 1. The van der Waals surface area contributed by atoms with E-state index in [1.165, 1.54) is 0 Å². The Morgan fingerprint density at radius 1 is 0.919 bits per heavy atom. The molecule has 0 bridgehead atoms. The average Bonchev–Trinajstić information content (AvgIpc) is 3.31. The number of nitrogens with zero attached hydrogens (tertiary/aromatic N) is 3. The molecule has 0 aliphatic carbocycles. The zero-order valence-corrected chi connectivity index (χ0v) is 20.8. The summed E-state index contributed by atoms with van der Waals surface area (Å²) in [5.74, 6) is -0.558. The van der Waals surface area contributed by atoms with E-state index in [2.05, 4.69) is 10.3 Å². The molecule has 2 aliphatic heterocycles. The Bertz CT molecular complexity index is 1260. The molecular weight excluding hydrogens is 468 g/mol. The van der Waals surface area contributed by atoms with Gasteiger partial charge in [0.2, 0.25) is 5.91 Å². The Morgan fingerprint density at radius 2 is 1.57 bits per heavy atom. The van der Waals surface area contributed by atoms with E-state index < -0.39 is 11.8 Å². The summed E-state index contributed by atoms with van der Waals surface area (Å²) in [6.45, 7) is 3.27. The number of rotatable bonds is 5. The van der Waals surface area contributed by atoms with E-state index in [-0.39, 0.29) is 24.3 Å². The van der Waals surface area contributed by atoms with Gasteiger partial charge in [0, 0.05) is 56.0 Å². The first-order chi connectivity index (χ1) is 18.0. The van der Waals surface area contributed by atoms with Crippen LogP contribution in [0.5, 0.6) is 0 Å². The number of carbonyl (C=O) groups is 3. The number of ether oxygens (including phenoxy) is 1. The Morgan fingerprint density at radius 3 is 2.24 bits per heavy atom. The number of likely N-dealkylation sites (tertiary alicyclic amines) is 1. The highest BCUT2D eigenvalue weighted by molar-refractivity contribution is 5.98. The van der Waals surface area contributed by atoms with Crippen molar-refractivity contribution in [3.63, 3.8) is 0 Å². The highest BCUT2D eigenvalue weighted by Crippen LogP contribution is 2.38. The molecule has 0 radical (unpaired) electrons. The highest BCUT2D eigenvalue weighted by atomic mass is 16.5. The Hall–Kier alpha value is -4.04. The second-order valence-corrected chi connectivity index (χ2v) is 9.55. The molecule has 2 fully saturated rings. The van der Waals surface area contributed by atoms with Crippen LogP contribution in [-0.2, 0) is 16.1 Å². The molecule has 1 spiro atoms. The van der Waals surface area contributed by atoms with Crippen molar-refractivity contribution in [2.45, 2.75) is 38.1 Å². The van der Waals surface area contributed by atoms with Gasteiger partial charge in [0.25, 0.3) is 11.8 Å². The van der Waals surface area contributed by atoms with Crippen LogP contribution in [-0.4, -0.2) is 64.0 Å². The van der Waals surface area contributed by atoms with Crippen molar-refractivity contribution in [3.05, 3.63) is 101 Å². The lowest BCUT2D eigenvalue weighted by molar-refractivity contribution is -0.128. The van der Waals surface area contributed by atoms with Crippen LogP contribution >= 0.6 is 0 Å². The van der Waals surface area contributed by atoms with Gasteiger partial charge in [0.15, 0.2) is 0 Å². The molecule has 5 rings (SSSR count). The van der Waals surface area contributed by atoms with Crippen molar-refractivity contribution in [2.75, 3.05) is 19.7 Å². The number of hydrogen-bond acceptors (Lipinski definition) is 5. The van der Waals surface area contributed by atoms with E-state index in [9.17, 15) is 14.4 Å². The first kappa shape index (κ1) is 24.6. The van der Waals surface area contributed by atoms with Gasteiger partial charge in [-0.2, -0.15) is 0 Å². The van der Waals surface area contributed by atoms with Gasteiger partial charge < -0.3 is 15.0 Å². The molecule has 1 atom stereocenters.